The van der Waals surface area contributed by atoms with Crippen LogP contribution in [0.5, 0.6) is 5.75 Å². The van der Waals surface area contributed by atoms with Crippen molar-refractivity contribution in [2.75, 3.05) is 0 Å². The molecule has 0 aliphatic rings. The molecule has 0 aliphatic carbocycles. The van der Waals surface area contributed by atoms with Gasteiger partial charge in [0, 0.05) is 12.1 Å². The molecule has 4 nitrogen and oxygen atoms in total. The van der Waals surface area contributed by atoms with Crippen LogP contribution < -0.4 is 0 Å². The Kier molecular flexibility index (Phi) is 4.23. The van der Waals surface area contributed by atoms with E-state index in [1.807, 2.05) is 0 Å². The molecule has 60 valence electrons. The third kappa shape index (κ3) is 2.48. The fourth-order valence-electron chi connectivity index (χ4n) is 0.753. The van der Waals surface area contributed by atoms with Crippen LogP contribution in [-0.2, 0) is 0 Å². The second-order valence-electron chi connectivity index (χ2n) is 2.23. The average molecular weight is 177 g/mol. The van der Waals surface area contributed by atoms with Gasteiger partial charge in [0.1, 0.15) is 5.75 Å². The van der Waals surface area contributed by atoms with E-state index in [-0.39, 0.29) is 41.0 Å². The zero-order valence-corrected chi connectivity index (χ0v) is 5.94. The van der Waals surface area contributed by atoms with Gasteiger partial charge in [-0.05, 0) is 18.6 Å². The van der Waals surface area contributed by atoms with Crippen LogP contribution in [0.25, 0.3) is 0 Å². The van der Waals surface area contributed by atoms with Gasteiger partial charge in [-0.1, -0.05) is 0 Å². The van der Waals surface area contributed by atoms with Gasteiger partial charge in [0.25, 0.3) is 5.69 Å². The Morgan fingerprint density at radius 3 is 2.50 bits per heavy atom. The van der Waals surface area contributed by atoms with E-state index in [1.165, 1.54) is 18.2 Å². The van der Waals surface area contributed by atoms with E-state index in [1.54, 1.807) is 6.92 Å². The van der Waals surface area contributed by atoms with Crippen molar-refractivity contribution < 1.29 is 10.0 Å². The normalized spacial score (nSPS) is 8.75. The number of non-ortho nitro benzene ring substituents is 1. The number of aromatic hydroxyl groups is 1. The molecule has 1 aromatic rings. The van der Waals surface area contributed by atoms with E-state index < -0.39 is 4.92 Å². The monoisotopic (exact) mass is 177 g/mol. The Bertz CT molecular complexity index is 301. The van der Waals surface area contributed by atoms with Crippen LogP contribution in [-0.4, -0.2) is 39.6 Å². The summed E-state index contributed by atoms with van der Waals surface area (Å²) in [6.07, 6.45) is 0. The van der Waals surface area contributed by atoms with Gasteiger partial charge in [0.05, 0.1) is 4.92 Å². The summed E-state index contributed by atoms with van der Waals surface area (Å²) < 4.78 is 0. The van der Waals surface area contributed by atoms with Crippen LogP contribution in [0.15, 0.2) is 18.2 Å². The Morgan fingerprint density at radius 1 is 1.50 bits per heavy atom. The average Bonchev–Trinajstić information content (AvgIpc) is 1.94. The van der Waals surface area contributed by atoms with E-state index in [0.29, 0.717) is 5.56 Å². The first-order valence-corrected chi connectivity index (χ1v) is 3.05. The molecule has 0 unspecified atom stereocenters. The summed E-state index contributed by atoms with van der Waals surface area (Å²) in [5.74, 6) is 0.0793. The van der Waals surface area contributed by atoms with Crippen LogP contribution in [0.3, 0.4) is 0 Å². The van der Waals surface area contributed by atoms with Crippen LogP contribution in [0.1, 0.15) is 5.56 Å². The van der Waals surface area contributed by atoms with Crippen molar-refractivity contribution in [3.05, 3.63) is 33.9 Å². The zero-order valence-electron chi connectivity index (χ0n) is 5.94. The molecule has 1 rings (SSSR count). The fraction of sp³-hybridized carbons (Fsp3) is 0.143. The van der Waals surface area contributed by atoms with Crippen molar-refractivity contribution in [2.24, 2.45) is 0 Å². The number of phenolic OH excluding ortho intramolecular Hbond substituents is 1. The molecule has 0 spiro atoms. The predicted molar refractivity (Wildman–Crippen MR) is 46.6 cm³/mol. The number of benzene rings is 1. The summed E-state index contributed by atoms with van der Waals surface area (Å²) in [4.78, 5) is 9.69. The maximum atomic E-state index is 10.2. The van der Waals surface area contributed by atoms with Crippen LogP contribution in [0.4, 0.5) is 5.69 Å². The molecule has 0 saturated carbocycles. The molecule has 0 fully saturated rings. The molecule has 1 aromatic carbocycles. The molecule has 0 heterocycles. The van der Waals surface area contributed by atoms with Crippen molar-refractivity contribution in [3.8, 4) is 5.75 Å². The molecular weight excluding hydrogens is 169 g/mol. The first kappa shape index (κ1) is 11.4. The van der Waals surface area contributed by atoms with Gasteiger partial charge in [-0.2, -0.15) is 0 Å². The summed E-state index contributed by atoms with van der Waals surface area (Å²) in [5, 5.41) is 19.2. The van der Waals surface area contributed by atoms with Gasteiger partial charge in [0.2, 0.25) is 0 Å². The standard InChI is InChI=1S/C7H7NO3.Na.H/c1-5-4-6(8(10)11)2-3-7(5)9;;/h2-4,9H,1H3;;. The molecule has 12 heavy (non-hydrogen) atoms. The second kappa shape index (κ2) is 4.45. The third-order valence-electron chi connectivity index (χ3n) is 1.39. The first-order chi connectivity index (χ1) is 5.11. The Balaban J connectivity index is 0.00000121. The minimum atomic E-state index is -0.494. The van der Waals surface area contributed by atoms with Gasteiger partial charge in [-0.25, -0.2) is 0 Å². The number of nitro groups is 1. The first-order valence-electron chi connectivity index (χ1n) is 3.05. The summed E-state index contributed by atoms with van der Waals surface area (Å²) in [6, 6.07) is 3.91. The van der Waals surface area contributed by atoms with Crippen molar-refractivity contribution in [3.63, 3.8) is 0 Å². The molecule has 1 N–H and O–H groups in total. The summed E-state index contributed by atoms with van der Waals surface area (Å²) in [6.45, 7) is 1.61. The van der Waals surface area contributed by atoms with E-state index in [4.69, 9.17) is 5.11 Å². The van der Waals surface area contributed by atoms with E-state index in [0.717, 1.165) is 0 Å². The molecule has 5 heteroatoms. The molecule has 0 atom stereocenters. The molecular formula is C7H8NNaO3. The number of aryl methyl sites for hydroxylation is 1. The number of hydrogen-bond acceptors (Lipinski definition) is 3. The van der Waals surface area contributed by atoms with E-state index >= 15 is 0 Å². The molecule has 0 aliphatic heterocycles. The number of hydrogen-bond donors (Lipinski definition) is 1. The second-order valence-corrected chi connectivity index (χ2v) is 2.23. The summed E-state index contributed by atoms with van der Waals surface area (Å²) >= 11 is 0. The van der Waals surface area contributed by atoms with Crippen LogP contribution in [0.2, 0.25) is 0 Å². The third-order valence-corrected chi connectivity index (χ3v) is 1.39. The van der Waals surface area contributed by atoms with Gasteiger partial charge in [-0.3, -0.25) is 10.1 Å². The zero-order chi connectivity index (χ0) is 8.43. The van der Waals surface area contributed by atoms with Crippen molar-refractivity contribution >= 4 is 35.2 Å². The number of phenols is 1. The van der Waals surface area contributed by atoms with Gasteiger partial charge < -0.3 is 5.11 Å². The number of nitrogens with zero attached hydrogens (tertiary/aromatic N) is 1. The quantitative estimate of drug-likeness (QED) is 0.394. The minimum absolute atomic E-state index is 0. The molecule has 0 bridgehead atoms. The molecule has 0 aromatic heterocycles. The predicted octanol–water partition coefficient (Wildman–Crippen LogP) is 0.960. The van der Waals surface area contributed by atoms with E-state index in [2.05, 4.69) is 0 Å². The maximum absolute atomic E-state index is 10.2. The Labute approximate surface area is 91.7 Å². The molecule has 0 amide bonds. The summed E-state index contributed by atoms with van der Waals surface area (Å²) in [7, 11) is 0. The van der Waals surface area contributed by atoms with Crippen molar-refractivity contribution in [2.45, 2.75) is 6.92 Å². The molecule has 0 radical (unpaired) electrons. The number of nitro benzene ring substituents is 1. The number of rotatable bonds is 1. The van der Waals surface area contributed by atoms with Gasteiger partial charge >= 0.3 is 29.6 Å². The SMILES string of the molecule is Cc1cc([N+](=O)[O-])ccc1O.[NaH]. The fourth-order valence-corrected chi connectivity index (χ4v) is 0.753. The van der Waals surface area contributed by atoms with Gasteiger partial charge in [0.15, 0.2) is 0 Å². The Hall–Kier alpha value is -0.580. The Morgan fingerprint density at radius 2 is 2.08 bits per heavy atom. The summed E-state index contributed by atoms with van der Waals surface area (Å²) in [5.41, 5.74) is 0.513. The topological polar surface area (TPSA) is 63.4 Å². The van der Waals surface area contributed by atoms with E-state index in [9.17, 15) is 10.1 Å². The molecule has 0 saturated heterocycles. The van der Waals surface area contributed by atoms with Gasteiger partial charge in [-0.15, -0.1) is 0 Å². The van der Waals surface area contributed by atoms with Crippen molar-refractivity contribution in [1.82, 2.24) is 0 Å². The van der Waals surface area contributed by atoms with Crippen LogP contribution in [0, 0.1) is 17.0 Å². The van der Waals surface area contributed by atoms with Crippen LogP contribution >= 0.6 is 0 Å². The van der Waals surface area contributed by atoms with Crippen molar-refractivity contribution in [1.29, 1.82) is 0 Å².